The van der Waals surface area contributed by atoms with E-state index in [1.165, 1.54) is 0 Å². The highest BCUT2D eigenvalue weighted by Gasteiger charge is 2.62. The molecule has 1 amide bonds. The van der Waals surface area contributed by atoms with Crippen molar-refractivity contribution in [2.75, 3.05) is 0 Å². The molecule has 134 valence electrons. The summed E-state index contributed by atoms with van der Waals surface area (Å²) in [5, 5.41) is 12.2. The Labute approximate surface area is 152 Å². The van der Waals surface area contributed by atoms with Crippen molar-refractivity contribution in [2.24, 2.45) is 0 Å². The van der Waals surface area contributed by atoms with Crippen molar-refractivity contribution in [3.8, 4) is 0 Å². The lowest BCUT2D eigenvalue weighted by Gasteiger charge is -2.15. The summed E-state index contributed by atoms with van der Waals surface area (Å²) in [6.45, 7) is 1.94. The lowest BCUT2D eigenvalue weighted by molar-refractivity contribution is -0.143. The van der Waals surface area contributed by atoms with Gasteiger partial charge in [-0.25, -0.2) is 4.79 Å². The molecule has 1 aliphatic rings. The summed E-state index contributed by atoms with van der Waals surface area (Å²) in [5.74, 6) is -1.81. The highest BCUT2D eigenvalue weighted by molar-refractivity contribution is 5.99. The molecule has 0 spiro atoms. The van der Waals surface area contributed by atoms with E-state index in [-0.39, 0.29) is 24.5 Å². The quantitative estimate of drug-likeness (QED) is 0.751. The molecule has 3 rings (SSSR count). The lowest BCUT2D eigenvalue weighted by atomic mass is 10.0. The molecule has 2 aromatic carbocycles. The zero-order valence-corrected chi connectivity index (χ0v) is 14.6. The van der Waals surface area contributed by atoms with Crippen LogP contribution in [0.25, 0.3) is 0 Å². The number of aliphatic carboxylic acids is 1. The number of carbonyl (C=O) groups excluding carboxylic acids is 2. The molecule has 0 aliphatic heterocycles. The first-order chi connectivity index (χ1) is 12.4. The Morgan fingerprint density at radius 1 is 1.04 bits per heavy atom. The van der Waals surface area contributed by atoms with Gasteiger partial charge in [0.2, 0.25) is 5.91 Å². The van der Waals surface area contributed by atoms with Gasteiger partial charge in [0.1, 0.15) is 5.54 Å². The average molecular weight is 351 g/mol. The fourth-order valence-corrected chi connectivity index (χ4v) is 3.20. The van der Waals surface area contributed by atoms with Gasteiger partial charge in [-0.1, -0.05) is 60.2 Å². The number of carbonyl (C=O) groups is 3. The SMILES string of the molecule is Cc1ccc(C(=O)CCC(=O)NC2(C(=O)O)CC2c2ccccc2)cc1. The molecule has 26 heavy (non-hydrogen) atoms. The van der Waals surface area contributed by atoms with Crippen LogP contribution in [-0.4, -0.2) is 28.3 Å². The maximum absolute atomic E-state index is 12.2. The van der Waals surface area contributed by atoms with E-state index in [0.717, 1.165) is 11.1 Å². The number of carboxylic acids is 1. The Balaban J connectivity index is 1.59. The number of Topliss-reactive ketones (excluding diaryl/α,β-unsaturated/α-hetero) is 1. The molecule has 0 saturated heterocycles. The second-order valence-electron chi connectivity index (χ2n) is 6.78. The molecule has 1 aliphatic carbocycles. The highest BCUT2D eigenvalue weighted by Crippen LogP contribution is 2.51. The third-order valence-electron chi connectivity index (χ3n) is 4.86. The third kappa shape index (κ3) is 3.67. The normalized spacial score (nSPS) is 21.0. The predicted octanol–water partition coefficient (Wildman–Crippen LogP) is 3.09. The standard InChI is InChI=1S/C21H21NO4/c1-14-7-9-16(10-8-14)18(23)11-12-19(24)22-21(20(25)26)13-17(21)15-5-3-2-4-6-15/h2-10,17H,11-13H2,1H3,(H,22,24)(H,25,26). The van der Waals surface area contributed by atoms with Gasteiger partial charge in [-0.05, 0) is 18.9 Å². The van der Waals surface area contributed by atoms with Crippen LogP contribution in [0.3, 0.4) is 0 Å². The summed E-state index contributed by atoms with van der Waals surface area (Å²) in [6, 6.07) is 16.5. The van der Waals surface area contributed by atoms with Crippen LogP contribution in [0.5, 0.6) is 0 Å². The number of aryl methyl sites for hydroxylation is 1. The van der Waals surface area contributed by atoms with Crippen LogP contribution in [0.1, 0.15) is 46.7 Å². The Morgan fingerprint density at radius 2 is 1.69 bits per heavy atom. The Kier molecular flexibility index (Phi) is 4.89. The number of rotatable bonds is 7. The maximum Gasteiger partial charge on any atom is 0.330 e. The number of nitrogens with one attached hydrogen (secondary N) is 1. The molecule has 2 N–H and O–H groups in total. The molecule has 0 heterocycles. The van der Waals surface area contributed by atoms with Gasteiger partial charge >= 0.3 is 5.97 Å². The van der Waals surface area contributed by atoms with Crippen LogP contribution in [0.4, 0.5) is 0 Å². The zero-order chi connectivity index (χ0) is 18.7. The molecule has 2 aromatic rings. The summed E-state index contributed by atoms with van der Waals surface area (Å²) in [5.41, 5.74) is 1.25. The Hall–Kier alpha value is -2.95. The second kappa shape index (κ2) is 7.12. The number of carboxylic acid groups (broad SMARTS) is 1. The van der Waals surface area contributed by atoms with E-state index in [1.807, 2.05) is 49.4 Å². The van der Waals surface area contributed by atoms with Crippen molar-refractivity contribution in [3.05, 3.63) is 71.3 Å². The van der Waals surface area contributed by atoms with Crippen molar-refractivity contribution < 1.29 is 19.5 Å². The molecule has 1 saturated carbocycles. The van der Waals surface area contributed by atoms with Gasteiger partial charge in [-0.2, -0.15) is 0 Å². The van der Waals surface area contributed by atoms with Gasteiger partial charge in [0.25, 0.3) is 0 Å². The first kappa shape index (κ1) is 17.9. The first-order valence-electron chi connectivity index (χ1n) is 8.61. The third-order valence-corrected chi connectivity index (χ3v) is 4.86. The van der Waals surface area contributed by atoms with Gasteiger partial charge in [0.05, 0.1) is 0 Å². The van der Waals surface area contributed by atoms with Gasteiger partial charge in [-0.3, -0.25) is 9.59 Å². The number of amides is 1. The summed E-state index contributed by atoms with van der Waals surface area (Å²) >= 11 is 0. The Bertz CT molecular complexity index is 829. The first-order valence-corrected chi connectivity index (χ1v) is 8.61. The van der Waals surface area contributed by atoms with E-state index in [4.69, 9.17) is 0 Å². The highest BCUT2D eigenvalue weighted by atomic mass is 16.4. The van der Waals surface area contributed by atoms with Crippen LogP contribution in [0.15, 0.2) is 54.6 Å². The summed E-state index contributed by atoms with van der Waals surface area (Å²) in [6.07, 6.45) is 0.397. The van der Waals surface area contributed by atoms with E-state index in [1.54, 1.807) is 12.1 Å². The average Bonchev–Trinajstić information content (AvgIpc) is 3.36. The number of ketones is 1. The molecule has 0 radical (unpaired) electrons. The number of hydrogen-bond acceptors (Lipinski definition) is 3. The Morgan fingerprint density at radius 3 is 2.31 bits per heavy atom. The minimum Gasteiger partial charge on any atom is -0.479 e. The van der Waals surface area contributed by atoms with Crippen molar-refractivity contribution in [1.29, 1.82) is 0 Å². The van der Waals surface area contributed by atoms with Crippen LogP contribution in [0, 0.1) is 6.92 Å². The number of benzene rings is 2. The van der Waals surface area contributed by atoms with Gasteiger partial charge in [0, 0.05) is 24.3 Å². The van der Waals surface area contributed by atoms with Gasteiger partial charge < -0.3 is 10.4 Å². The van der Waals surface area contributed by atoms with Crippen LogP contribution >= 0.6 is 0 Å². The predicted molar refractivity (Wildman–Crippen MR) is 97.1 cm³/mol. The summed E-state index contributed by atoms with van der Waals surface area (Å²) in [4.78, 5) is 36.1. The zero-order valence-electron chi connectivity index (χ0n) is 14.6. The minimum atomic E-state index is -1.26. The van der Waals surface area contributed by atoms with E-state index in [0.29, 0.717) is 12.0 Å². The van der Waals surface area contributed by atoms with E-state index in [9.17, 15) is 19.5 Å². The molecule has 0 aromatic heterocycles. The molecule has 0 bridgehead atoms. The fourth-order valence-electron chi connectivity index (χ4n) is 3.20. The molecule has 2 atom stereocenters. The van der Waals surface area contributed by atoms with Crippen LogP contribution in [0.2, 0.25) is 0 Å². The molecule has 5 nitrogen and oxygen atoms in total. The minimum absolute atomic E-state index is 0.0246. The molecular formula is C21H21NO4. The van der Waals surface area contributed by atoms with Crippen molar-refractivity contribution in [3.63, 3.8) is 0 Å². The van der Waals surface area contributed by atoms with E-state index in [2.05, 4.69) is 5.32 Å². The fraction of sp³-hybridized carbons (Fsp3) is 0.286. The molecule has 2 unspecified atom stereocenters. The van der Waals surface area contributed by atoms with E-state index < -0.39 is 17.4 Å². The smallest absolute Gasteiger partial charge is 0.330 e. The van der Waals surface area contributed by atoms with Crippen molar-refractivity contribution in [2.45, 2.75) is 37.6 Å². The monoisotopic (exact) mass is 351 g/mol. The summed E-state index contributed by atoms with van der Waals surface area (Å²) < 4.78 is 0. The topological polar surface area (TPSA) is 83.5 Å². The van der Waals surface area contributed by atoms with Crippen LogP contribution < -0.4 is 5.32 Å². The number of hydrogen-bond donors (Lipinski definition) is 2. The van der Waals surface area contributed by atoms with Crippen molar-refractivity contribution >= 4 is 17.7 Å². The lowest BCUT2D eigenvalue weighted by Crippen LogP contribution is -2.44. The van der Waals surface area contributed by atoms with Gasteiger partial charge in [0.15, 0.2) is 5.78 Å². The van der Waals surface area contributed by atoms with Gasteiger partial charge in [-0.15, -0.1) is 0 Å². The maximum atomic E-state index is 12.2. The van der Waals surface area contributed by atoms with Crippen molar-refractivity contribution in [1.82, 2.24) is 5.32 Å². The summed E-state index contributed by atoms with van der Waals surface area (Å²) in [7, 11) is 0. The van der Waals surface area contributed by atoms with Crippen LogP contribution in [-0.2, 0) is 9.59 Å². The molecule has 1 fully saturated rings. The molecule has 5 heteroatoms. The largest absolute Gasteiger partial charge is 0.479 e. The van der Waals surface area contributed by atoms with E-state index >= 15 is 0 Å². The second-order valence-corrected chi connectivity index (χ2v) is 6.78. The molecular weight excluding hydrogens is 330 g/mol.